The molecule has 0 aromatic carbocycles. The van der Waals surface area contributed by atoms with Crippen molar-refractivity contribution in [3.05, 3.63) is 5.82 Å². The van der Waals surface area contributed by atoms with Gasteiger partial charge >= 0.3 is 5.97 Å². The van der Waals surface area contributed by atoms with Gasteiger partial charge in [-0.3, -0.25) is 9.89 Å². The number of carbonyl (C=O) groups excluding carboxylic acids is 1. The Morgan fingerprint density at radius 2 is 2.20 bits per heavy atom. The molecule has 0 saturated heterocycles. The van der Waals surface area contributed by atoms with Crippen LogP contribution in [0.1, 0.15) is 51.8 Å². The standard InChI is InChI=1S/C14H23N3O2S/c1-10(2)19-13(18)9-20-14-15-12(16-17-14)8-7-11-5-3-4-6-11/h10-11H,3-9H2,1-2H3,(H,15,16,17). The molecule has 0 bridgehead atoms. The van der Waals surface area contributed by atoms with Crippen LogP contribution in [0.25, 0.3) is 0 Å². The van der Waals surface area contributed by atoms with Gasteiger partial charge in [-0.15, -0.1) is 5.10 Å². The minimum absolute atomic E-state index is 0.0720. The Bertz CT molecular complexity index is 428. The zero-order valence-electron chi connectivity index (χ0n) is 12.2. The van der Waals surface area contributed by atoms with Crippen LogP contribution in [0.15, 0.2) is 5.16 Å². The molecule has 0 atom stereocenters. The van der Waals surface area contributed by atoms with Crippen LogP contribution in [0, 0.1) is 5.92 Å². The SMILES string of the molecule is CC(C)OC(=O)CSc1n[nH]c(CCC2CCCC2)n1. The lowest BCUT2D eigenvalue weighted by atomic mass is 10.0. The monoisotopic (exact) mass is 297 g/mol. The van der Waals surface area contributed by atoms with E-state index in [1.165, 1.54) is 43.9 Å². The average Bonchev–Trinajstić information content (AvgIpc) is 3.05. The first kappa shape index (κ1) is 15.4. The summed E-state index contributed by atoms with van der Waals surface area (Å²) in [6, 6.07) is 0. The first-order valence-electron chi connectivity index (χ1n) is 7.37. The summed E-state index contributed by atoms with van der Waals surface area (Å²) < 4.78 is 5.07. The topological polar surface area (TPSA) is 67.9 Å². The molecule has 0 aliphatic heterocycles. The summed E-state index contributed by atoms with van der Waals surface area (Å²) in [7, 11) is 0. The lowest BCUT2D eigenvalue weighted by Gasteiger charge is -2.06. The fourth-order valence-corrected chi connectivity index (χ4v) is 3.11. The van der Waals surface area contributed by atoms with E-state index in [9.17, 15) is 4.79 Å². The number of nitrogens with one attached hydrogen (secondary N) is 1. The van der Waals surface area contributed by atoms with Gasteiger partial charge in [-0.1, -0.05) is 37.4 Å². The molecule has 1 aliphatic rings. The second-order valence-corrected chi connectivity index (χ2v) is 6.52. The lowest BCUT2D eigenvalue weighted by Crippen LogP contribution is -2.13. The number of rotatable bonds is 7. The molecular weight excluding hydrogens is 274 g/mol. The van der Waals surface area contributed by atoms with Crippen molar-refractivity contribution in [2.45, 2.75) is 63.6 Å². The molecule has 0 unspecified atom stereocenters. The van der Waals surface area contributed by atoms with Gasteiger partial charge in [0, 0.05) is 6.42 Å². The Kier molecular flexibility index (Phi) is 5.88. The fraction of sp³-hybridized carbons (Fsp3) is 0.786. The summed E-state index contributed by atoms with van der Waals surface area (Å²) in [4.78, 5) is 15.8. The molecule has 112 valence electrons. The summed E-state index contributed by atoms with van der Waals surface area (Å²) in [6.45, 7) is 3.69. The highest BCUT2D eigenvalue weighted by atomic mass is 32.2. The number of esters is 1. The van der Waals surface area contributed by atoms with Crippen LogP contribution < -0.4 is 0 Å². The van der Waals surface area contributed by atoms with Crippen molar-refractivity contribution in [2.24, 2.45) is 5.92 Å². The van der Waals surface area contributed by atoms with Crippen LogP contribution in [0.4, 0.5) is 0 Å². The van der Waals surface area contributed by atoms with E-state index in [-0.39, 0.29) is 17.8 Å². The number of ether oxygens (including phenoxy) is 1. The minimum atomic E-state index is -0.220. The van der Waals surface area contributed by atoms with Crippen LogP contribution in [-0.2, 0) is 16.0 Å². The summed E-state index contributed by atoms with van der Waals surface area (Å²) in [5.74, 6) is 1.83. The Labute approximate surface area is 124 Å². The fourth-order valence-electron chi connectivity index (χ4n) is 2.51. The summed E-state index contributed by atoms with van der Waals surface area (Å²) in [5.41, 5.74) is 0. The van der Waals surface area contributed by atoms with E-state index in [0.29, 0.717) is 5.16 Å². The van der Waals surface area contributed by atoms with Crippen LogP contribution in [-0.4, -0.2) is 33.0 Å². The lowest BCUT2D eigenvalue weighted by molar-refractivity contribution is -0.144. The van der Waals surface area contributed by atoms with Gasteiger partial charge in [0.05, 0.1) is 11.9 Å². The van der Waals surface area contributed by atoms with E-state index in [4.69, 9.17) is 4.74 Å². The highest BCUT2D eigenvalue weighted by Crippen LogP contribution is 2.28. The molecule has 0 spiro atoms. The van der Waals surface area contributed by atoms with Crippen molar-refractivity contribution in [1.82, 2.24) is 15.2 Å². The second-order valence-electron chi connectivity index (χ2n) is 5.58. The van der Waals surface area contributed by atoms with Gasteiger partial charge in [-0.05, 0) is 26.2 Å². The molecule has 1 heterocycles. The minimum Gasteiger partial charge on any atom is -0.462 e. The van der Waals surface area contributed by atoms with E-state index in [0.717, 1.165) is 18.2 Å². The van der Waals surface area contributed by atoms with Crippen molar-refractivity contribution in [2.75, 3.05) is 5.75 Å². The van der Waals surface area contributed by atoms with Gasteiger partial charge in [-0.2, -0.15) is 0 Å². The van der Waals surface area contributed by atoms with E-state index < -0.39 is 0 Å². The van der Waals surface area contributed by atoms with Crippen molar-refractivity contribution in [1.29, 1.82) is 0 Å². The molecule has 20 heavy (non-hydrogen) atoms. The van der Waals surface area contributed by atoms with Crippen LogP contribution >= 0.6 is 11.8 Å². The maximum atomic E-state index is 11.4. The van der Waals surface area contributed by atoms with Crippen LogP contribution in [0.2, 0.25) is 0 Å². The van der Waals surface area contributed by atoms with Gasteiger partial charge in [0.2, 0.25) is 5.16 Å². The quantitative estimate of drug-likeness (QED) is 0.619. The molecule has 1 fully saturated rings. The number of aryl methyl sites for hydroxylation is 1. The summed E-state index contributed by atoms with van der Waals surface area (Å²) >= 11 is 1.32. The number of hydrogen-bond acceptors (Lipinski definition) is 5. The van der Waals surface area contributed by atoms with Gasteiger partial charge in [0.1, 0.15) is 5.82 Å². The Morgan fingerprint density at radius 3 is 2.90 bits per heavy atom. The molecule has 1 aliphatic carbocycles. The second kappa shape index (κ2) is 7.67. The van der Waals surface area contributed by atoms with E-state index in [1.807, 2.05) is 13.8 Å². The first-order valence-corrected chi connectivity index (χ1v) is 8.35. The van der Waals surface area contributed by atoms with Crippen molar-refractivity contribution < 1.29 is 9.53 Å². The van der Waals surface area contributed by atoms with Crippen LogP contribution in [0.5, 0.6) is 0 Å². The zero-order valence-corrected chi connectivity index (χ0v) is 13.0. The smallest absolute Gasteiger partial charge is 0.316 e. The molecule has 1 aromatic heterocycles. The largest absolute Gasteiger partial charge is 0.462 e. The normalized spacial score (nSPS) is 15.9. The Hall–Kier alpha value is -1.04. The highest BCUT2D eigenvalue weighted by Gasteiger charge is 2.16. The third-order valence-electron chi connectivity index (χ3n) is 3.46. The number of hydrogen-bond donors (Lipinski definition) is 1. The maximum absolute atomic E-state index is 11.4. The summed E-state index contributed by atoms with van der Waals surface area (Å²) in [5, 5.41) is 7.72. The molecule has 1 aromatic rings. The third kappa shape index (κ3) is 5.15. The molecule has 2 rings (SSSR count). The number of nitrogens with zero attached hydrogens (tertiary/aromatic N) is 2. The van der Waals surface area contributed by atoms with Crippen molar-refractivity contribution in [3.63, 3.8) is 0 Å². The first-order chi connectivity index (χ1) is 9.63. The number of thioether (sulfide) groups is 1. The number of carbonyl (C=O) groups is 1. The molecule has 5 nitrogen and oxygen atoms in total. The number of aromatic nitrogens is 3. The molecule has 0 radical (unpaired) electrons. The van der Waals surface area contributed by atoms with Crippen LogP contribution in [0.3, 0.4) is 0 Å². The van der Waals surface area contributed by atoms with E-state index >= 15 is 0 Å². The highest BCUT2D eigenvalue weighted by molar-refractivity contribution is 7.99. The van der Waals surface area contributed by atoms with Gasteiger partial charge in [0.15, 0.2) is 0 Å². The van der Waals surface area contributed by atoms with Gasteiger partial charge in [-0.25, -0.2) is 4.98 Å². The average molecular weight is 297 g/mol. The Balaban J connectivity index is 1.70. The van der Waals surface area contributed by atoms with Crippen molar-refractivity contribution in [3.8, 4) is 0 Å². The van der Waals surface area contributed by atoms with E-state index in [2.05, 4.69) is 15.2 Å². The molecule has 1 N–H and O–H groups in total. The number of H-pyrrole nitrogens is 1. The molecule has 1 saturated carbocycles. The predicted molar refractivity (Wildman–Crippen MR) is 78.6 cm³/mol. The number of aromatic amines is 1. The van der Waals surface area contributed by atoms with Gasteiger partial charge in [0.25, 0.3) is 0 Å². The van der Waals surface area contributed by atoms with E-state index in [1.54, 1.807) is 0 Å². The van der Waals surface area contributed by atoms with Crippen molar-refractivity contribution >= 4 is 17.7 Å². The van der Waals surface area contributed by atoms with Gasteiger partial charge < -0.3 is 4.74 Å². The summed E-state index contributed by atoms with van der Waals surface area (Å²) in [6.07, 6.45) is 7.54. The predicted octanol–water partition coefficient (Wildman–Crippen LogP) is 2.97. The third-order valence-corrected chi connectivity index (χ3v) is 4.28. The maximum Gasteiger partial charge on any atom is 0.316 e. The molecule has 6 heteroatoms. The molecular formula is C14H23N3O2S. The molecule has 0 amide bonds. The zero-order chi connectivity index (χ0) is 14.4. The Morgan fingerprint density at radius 1 is 1.45 bits per heavy atom.